The van der Waals surface area contributed by atoms with E-state index in [0.29, 0.717) is 10.3 Å². The van der Waals surface area contributed by atoms with Crippen LogP contribution in [0.2, 0.25) is 0 Å². The molecule has 0 aromatic carbocycles. The topological polar surface area (TPSA) is 55.3 Å². The summed E-state index contributed by atoms with van der Waals surface area (Å²) in [5.41, 5.74) is 0.853. The molecule has 1 amide bonds. The van der Waals surface area contributed by atoms with Crippen molar-refractivity contribution in [2.75, 3.05) is 14.2 Å². The van der Waals surface area contributed by atoms with Crippen molar-refractivity contribution in [2.45, 2.75) is 6.92 Å². The summed E-state index contributed by atoms with van der Waals surface area (Å²) in [6.45, 7) is 1.72. The van der Waals surface area contributed by atoms with E-state index in [2.05, 4.69) is 25.9 Å². The van der Waals surface area contributed by atoms with Crippen LogP contribution in [0.3, 0.4) is 0 Å². The Morgan fingerprint density at radius 2 is 2.29 bits per heavy atom. The molecule has 0 atom stereocenters. The average Bonchev–Trinajstić information content (AvgIpc) is 2.15. The van der Waals surface area contributed by atoms with Gasteiger partial charge in [-0.1, -0.05) is 0 Å². The maximum absolute atomic E-state index is 11.6. The molecule has 1 heterocycles. The van der Waals surface area contributed by atoms with Crippen molar-refractivity contribution in [3.63, 3.8) is 0 Å². The van der Waals surface area contributed by atoms with Crippen molar-refractivity contribution in [2.24, 2.45) is 0 Å². The molecule has 6 heteroatoms. The normalized spacial score (nSPS) is 10.0. The van der Waals surface area contributed by atoms with Crippen LogP contribution in [0.5, 0.6) is 0 Å². The van der Waals surface area contributed by atoms with Crippen molar-refractivity contribution in [3.8, 4) is 0 Å². The summed E-state index contributed by atoms with van der Waals surface area (Å²) >= 11 is 3.17. The fourth-order valence-corrected chi connectivity index (χ4v) is 1.26. The Labute approximate surface area is 90.2 Å². The number of halogens is 1. The summed E-state index contributed by atoms with van der Waals surface area (Å²) in [5.74, 6) is -0.315. The molecule has 1 rings (SSSR count). The van der Waals surface area contributed by atoms with Gasteiger partial charge >= 0.3 is 0 Å². The second kappa shape index (κ2) is 4.47. The summed E-state index contributed by atoms with van der Waals surface area (Å²) < 4.78 is 0.603. The zero-order valence-corrected chi connectivity index (χ0v) is 9.70. The molecule has 1 aromatic heterocycles. The monoisotopic (exact) mass is 259 g/mol. The molecular formula is C8H10BrN3O2. The molecule has 0 bridgehead atoms. The summed E-state index contributed by atoms with van der Waals surface area (Å²) in [4.78, 5) is 24.4. The smallest absolute Gasteiger partial charge is 0.274 e. The highest BCUT2D eigenvalue weighted by molar-refractivity contribution is 9.10. The number of hydrogen-bond acceptors (Lipinski definition) is 4. The van der Waals surface area contributed by atoms with Crippen molar-refractivity contribution in [1.82, 2.24) is 15.0 Å². The van der Waals surface area contributed by atoms with Crippen molar-refractivity contribution in [3.05, 3.63) is 22.2 Å². The highest BCUT2D eigenvalue weighted by Gasteiger charge is 2.16. The van der Waals surface area contributed by atoms with Crippen LogP contribution in [0, 0.1) is 6.92 Å². The van der Waals surface area contributed by atoms with E-state index >= 15 is 0 Å². The van der Waals surface area contributed by atoms with Crippen LogP contribution in [0.15, 0.2) is 10.8 Å². The third kappa shape index (κ3) is 2.27. The maximum atomic E-state index is 11.6. The van der Waals surface area contributed by atoms with Crippen LogP contribution in [-0.2, 0) is 4.84 Å². The second-order valence-electron chi connectivity index (χ2n) is 2.61. The average molecular weight is 260 g/mol. The maximum Gasteiger partial charge on any atom is 0.297 e. The van der Waals surface area contributed by atoms with E-state index in [0.717, 1.165) is 5.06 Å². The highest BCUT2D eigenvalue weighted by Crippen LogP contribution is 2.09. The lowest BCUT2D eigenvalue weighted by atomic mass is 10.3. The lowest BCUT2D eigenvalue weighted by molar-refractivity contribution is -0.0761. The van der Waals surface area contributed by atoms with Crippen LogP contribution in [0.25, 0.3) is 0 Å². The molecule has 0 radical (unpaired) electrons. The predicted molar refractivity (Wildman–Crippen MR) is 53.6 cm³/mol. The summed E-state index contributed by atoms with van der Waals surface area (Å²) in [6, 6.07) is 0. The Bertz CT molecular complexity index is 356. The largest absolute Gasteiger partial charge is 0.297 e. The van der Waals surface area contributed by atoms with Gasteiger partial charge in [-0.3, -0.25) is 9.63 Å². The third-order valence-electron chi connectivity index (χ3n) is 1.68. The van der Waals surface area contributed by atoms with Gasteiger partial charge in [-0.2, -0.15) is 0 Å². The molecule has 0 saturated carbocycles. The van der Waals surface area contributed by atoms with E-state index in [9.17, 15) is 4.79 Å². The molecule has 1 aromatic rings. The molecule has 76 valence electrons. The third-order valence-corrected chi connectivity index (χ3v) is 2.06. The van der Waals surface area contributed by atoms with E-state index in [-0.39, 0.29) is 11.6 Å². The fraction of sp³-hybridized carbons (Fsp3) is 0.375. The van der Waals surface area contributed by atoms with Gasteiger partial charge in [0.2, 0.25) is 0 Å². The standard InChI is InChI=1S/C8H10BrN3O2/c1-5-7(8(13)12(2)14-3)10-4-6(9)11-5/h4H,1-3H3. The molecule has 0 fully saturated rings. The minimum Gasteiger partial charge on any atom is -0.274 e. The van der Waals surface area contributed by atoms with E-state index in [4.69, 9.17) is 4.84 Å². The zero-order valence-electron chi connectivity index (χ0n) is 8.11. The summed E-state index contributed by atoms with van der Waals surface area (Å²) in [6.07, 6.45) is 1.48. The van der Waals surface area contributed by atoms with Crippen LogP contribution in [0.4, 0.5) is 0 Å². The van der Waals surface area contributed by atoms with Crippen molar-refractivity contribution in [1.29, 1.82) is 0 Å². The number of hydrogen-bond donors (Lipinski definition) is 0. The predicted octanol–water partition coefficient (Wildman–Crippen LogP) is 1.18. The molecule has 0 aliphatic carbocycles. The summed E-state index contributed by atoms with van der Waals surface area (Å²) in [7, 11) is 2.94. The fourth-order valence-electron chi connectivity index (χ4n) is 0.895. The molecule has 0 aliphatic rings. The van der Waals surface area contributed by atoms with Crippen molar-refractivity contribution >= 4 is 21.8 Å². The Morgan fingerprint density at radius 1 is 1.64 bits per heavy atom. The van der Waals surface area contributed by atoms with Gasteiger partial charge in [0, 0.05) is 7.05 Å². The van der Waals surface area contributed by atoms with Gasteiger partial charge in [0.05, 0.1) is 19.0 Å². The summed E-state index contributed by atoms with van der Waals surface area (Å²) in [5, 5.41) is 1.10. The van der Waals surface area contributed by atoms with Gasteiger partial charge in [-0.25, -0.2) is 15.0 Å². The lowest BCUT2D eigenvalue weighted by Gasteiger charge is -2.13. The number of carbonyl (C=O) groups excluding carboxylic acids is 1. The SMILES string of the molecule is CON(C)C(=O)c1ncc(Br)nc1C. The minimum atomic E-state index is -0.315. The zero-order chi connectivity index (χ0) is 10.7. The van der Waals surface area contributed by atoms with Crippen LogP contribution in [0.1, 0.15) is 16.2 Å². The second-order valence-corrected chi connectivity index (χ2v) is 3.42. The van der Waals surface area contributed by atoms with Gasteiger partial charge < -0.3 is 0 Å². The van der Waals surface area contributed by atoms with Crippen molar-refractivity contribution < 1.29 is 9.63 Å². The van der Waals surface area contributed by atoms with Gasteiger partial charge in [0.1, 0.15) is 4.60 Å². The molecular weight excluding hydrogens is 250 g/mol. The van der Waals surface area contributed by atoms with E-state index in [1.807, 2.05) is 0 Å². The molecule has 0 unspecified atom stereocenters. The van der Waals surface area contributed by atoms with Gasteiger partial charge in [0.25, 0.3) is 5.91 Å². The molecule has 14 heavy (non-hydrogen) atoms. The Kier molecular flexibility index (Phi) is 3.54. The number of aromatic nitrogens is 2. The van der Waals surface area contributed by atoms with E-state index in [1.165, 1.54) is 20.4 Å². The Morgan fingerprint density at radius 3 is 2.79 bits per heavy atom. The highest BCUT2D eigenvalue weighted by atomic mass is 79.9. The molecule has 5 nitrogen and oxygen atoms in total. The Balaban J connectivity index is 3.02. The number of nitrogens with zero attached hydrogens (tertiary/aromatic N) is 3. The van der Waals surface area contributed by atoms with Crippen LogP contribution >= 0.6 is 15.9 Å². The van der Waals surface area contributed by atoms with Crippen LogP contribution in [-0.4, -0.2) is 35.1 Å². The molecule has 0 N–H and O–H groups in total. The van der Waals surface area contributed by atoms with E-state index < -0.39 is 0 Å². The lowest BCUT2D eigenvalue weighted by Crippen LogP contribution is -2.27. The Hall–Kier alpha value is -1.01. The first-order valence-corrected chi connectivity index (χ1v) is 4.67. The first-order chi connectivity index (χ1) is 6.56. The van der Waals surface area contributed by atoms with E-state index in [1.54, 1.807) is 6.92 Å². The number of aryl methyl sites for hydroxylation is 1. The quantitative estimate of drug-likeness (QED) is 0.749. The van der Waals surface area contributed by atoms with Gasteiger partial charge in [0.15, 0.2) is 5.69 Å². The number of hydroxylamine groups is 2. The van der Waals surface area contributed by atoms with Crippen LogP contribution < -0.4 is 0 Å². The first kappa shape index (κ1) is 11.1. The molecule has 0 spiro atoms. The number of carbonyl (C=O) groups is 1. The van der Waals surface area contributed by atoms with Gasteiger partial charge in [-0.15, -0.1) is 0 Å². The molecule has 0 saturated heterocycles. The molecule has 0 aliphatic heterocycles. The first-order valence-electron chi connectivity index (χ1n) is 3.87. The number of amides is 1. The minimum absolute atomic E-state index is 0.289. The van der Waals surface area contributed by atoms with Gasteiger partial charge in [-0.05, 0) is 22.9 Å². The number of rotatable bonds is 2.